The maximum atomic E-state index is 12.5. The number of alkyl halides is 3. The Labute approximate surface area is 171 Å². The van der Waals surface area contributed by atoms with Crippen LogP contribution in [0.25, 0.3) is 0 Å². The Morgan fingerprint density at radius 2 is 2.10 bits per heavy atom. The van der Waals surface area contributed by atoms with E-state index in [1.807, 2.05) is 22.4 Å². The first kappa shape index (κ1) is 21.6. The molecule has 2 heterocycles. The van der Waals surface area contributed by atoms with Crippen molar-refractivity contribution in [2.45, 2.75) is 38.4 Å². The minimum absolute atomic E-state index is 0.0438. The van der Waals surface area contributed by atoms with Gasteiger partial charge in [-0.2, -0.15) is 0 Å². The summed E-state index contributed by atoms with van der Waals surface area (Å²) in [6.45, 7) is 2.09. The number of hydrogen-bond donors (Lipinski definition) is 1. The monoisotopic (exact) mass is 428 g/mol. The number of benzene rings is 1. The highest BCUT2D eigenvalue weighted by atomic mass is 32.1. The highest BCUT2D eigenvalue weighted by Crippen LogP contribution is 2.26. The minimum Gasteiger partial charge on any atom is -0.405 e. The van der Waals surface area contributed by atoms with E-state index < -0.39 is 6.36 Å². The Bertz CT molecular complexity index is 778. The first-order chi connectivity index (χ1) is 13.9. The van der Waals surface area contributed by atoms with E-state index in [9.17, 15) is 18.0 Å². The molecule has 1 aromatic carbocycles. The third-order valence-corrected chi connectivity index (χ3v) is 5.35. The van der Waals surface area contributed by atoms with Crippen molar-refractivity contribution in [3.05, 3.63) is 52.2 Å². The lowest BCUT2D eigenvalue weighted by Gasteiger charge is -2.24. The molecule has 0 aliphatic carbocycles. The Balaban J connectivity index is 1.57. The second-order valence-electron chi connectivity index (χ2n) is 6.82. The molecule has 0 saturated carbocycles. The number of carbonyl (C=O) groups is 1. The summed E-state index contributed by atoms with van der Waals surface area (Å²) in [4.78, 5) is 15.6. The molecule has 9 heteroatoms. The number of halogens is 3. The van der Waals surface area contributed by atoms with Gasteiger partial charge >= 0.3 is 6.36 Å². The standard InChI is InChI=1S/C20H23F3N2O3S/c21-20(22,23)28-18-8-2-1-5-15(18)11-24-19(26)14-25(12-16-6-3-9-27-16)13-17-7-4-10-29-17/h1-2,4-5,7-8,10,16H,3,6,9,11-14H2,(H,24,26). The van der Waals surface area contributed by atoms with E-state index in [1.54, 1.807) is 17.4 Å². The Morgan fingerprint density at radius 3 is 2.79 bits per heavy atom. The third-order valence-electron chi connectivity index (χ3n) is 4.49. The summed E-state index contributed by atoms with van der Waals surface area (Å²) in [5.74, 6) is -0.573. The number of nitrogens with one attached hydrogen (secondary N) is 1. The van der Waals surface area contributed by atoms with Crippen LogP contribution >= 0.6 is 11.3 Å². The molecule has 1 unspecified atom stereocenters. The summed E-state index contributed by atoms with van der Waals surface area (Å²) in [6, 6.07) is 9.76. The summed E-state index contributed by atoms with van der Waals surface area (Å²) in [5, 5.41) is 4.68. The van der Waals surface area contributed by atoms with Gasteiger partial charge in [0.25, 0.3) is 0 Å². The van der Waals surface area contributed by atoms with Crippen LogP contribution in [0, 0.1) is 0 Å². The fraction of sp³-hybridized carbons (Fsp3) is 0.450. The number of ether oxygens (including phenoxy) is 2. The lowest BCUT2D eigenvalue weighted by Crippen LogP contribution is -2.40. The van der Waals surface area contributed by atoms with Gasteiger partial charge in [-0.05, 0) is 30.4 Å². The van der Waals surface area contributed by atoms with Gasteiger partial charge in [-0.3, -0.25) is 9.69 Å². The van der Waals surface area contributed by atoms with E-state index in [0.717, 1.165) is 24.3 Å². The topological polar surface area (TPSA) is 50.8 Å². The van der Waals surface area contributed by atoms with Gasteiger partial charge < -0.3 is 14.8 Å². The van der Waals surface area contributed by atoms with Gasteiger partial charge in [0.2, 0.25) is 5.91 Å². The zero-order valence-corrected chi connectivity index (χ0v) is 16.6. The molecule has 1 aliphatic rings. The van der Waals surface area contributed by atoms with Crippen LogP contribution in [0.1, 0.15) is 23.3 Å². The van der Waals surface area contributed by atoms with Crippen molar-refractivity contribution < 1.29 is 27.4 Å². The van der Waals surface area contributed by atoms with Gasteiger partial charge in [-0.15, -0.1) is 24.5 Å². The fourth-order valence-electron chi connectivity index (χ4n) is 3.21. The predicted molar refractivity (Wildman–Crippen MR) is 104 cm³/mol. The van der Waals surface area contributed by atoms with Gasteiger partial charge in [-0.25, -0.2) is 0 Å². The normalized spacial score (nSPS) is 16.9. The molecule has 5 nitrogen and oxygen atoms in total. The quantitative estimate of drug-likeness (QED) is 0.657. The van der Waals surface area contributed by atoms with Crippen LogP contribution in [0.2, 0.25) is 0 Å². The van der Waals surface area contributed by atoms with Crippen molar-refractivity contribution in [1.82, 2.24) is 10.2 Å². The van der Waals surface area contributed by atoms with E-state index in [2.05, 4.69) is 10.1 Å². The fourth-order valence-corrected chi connectivity index (χ4v) is 3.96. The van der Waals surface area contributed by atoms with Crippen molar-refractivity contribution in [3.63, 3.8) is 0 Å². The first-order valence-electron chi connectivity index (χ1n) is 9.36. The van der Waals surface area contributed by atoms with Crippen molar-refractivity contribution in [2.75, 3.05) is 19.7 Å². The maximum absolute atomic E-state index is 12.5. The van der Waals surface area contributed by atoms with Gasteiger partial charge in [0, 0.05) is 36.7 Å². The summed E-state index contributed by atoms with van der Waals surface area (Å²) in [7, 11) is 0. The maximum Gasteiger partial charge on any atom is 0.573 e. The Morgan fingerprint density at radius 1 is 1.28 bits per heavy atom. The lowest BCUT2D eigenvalue weighted by molar-refractivity contribution is -0.274. The highest BCUT2D eigenvalue weighted by molar-refractivity contribution is 7.09. The molecule has 1 aliphatic heterocycles. The average molecular weight is 428 g/mol. The molecule has 0 radical (unpaired) electrons. The number of rotatable bonds is 9. The van der Waals surface area contributed by atoms with Crippen LogP contribution in [0.5, 0.6) is 5.75 Å². The molecule has 1 aromatic heterocycles. The SMILES string of the molecule is O=C(CN(Cc1cccs1)CC1CCCO1)NCc1ccccc1OC(F)(F)F. The number of carbonyl (C=O) groups excluding carboxylic acids is 1. The van der Waals surface area contributed by atoms with Crippen molar-refractivity contribution in [3.8, 4) is 5.75 Å². The minimum atomic E-state index is -4.78. The molecule has 1 saturated heterocycles. The molecule has 0 bridgehead atoms. The van der Waals surface area contributed by atoms with Crippen LogP contribution in [0.4, 0.5) is 13.2 Å². The lowest BCUT2D eigenvalue weighted by atomic mass is 10.2. The smallest absolute Gasteiger partial charge is 0.405 e. The molecule has 1 amide bonds. The molecule has 29 heavy (non-hydrogen) atoms. The van der Waals surface area contributed by atoms with E-state index >= 15 is 0 Å². The average Bonchev–Trinajstić information content (AvgIpc) is 3.34. The summed E-state index contributed by atoms with van der Waals surface area (Å²) >= 11 is 1.62. The predicted octanol–water partition coefficient (Wildman–Crippen LogP) is 3.94. The highest BCUT2D eigenvalue weighted by Gasteiger charge is 2.32. The molecular formula is C20H23F3N2O3S. The van der Waals surface area contributed by atoms with Crippen LogP contribution in [0.15, 0.2) is 41.8 Å². The molecule has 3 rings (SSSR count). The Hall–Kier alpha value is -2.10. The molecule has 1 fully saturated rings. The Kier molecular flexibility index (Phi) is 7.51. The van der Waals surface area contributed by atoms with Crippen molar-refractivity contribution >= 4 is 17.2 Å². The van der Waals surface area contributed by atoms with Crippen molar-refractivity contribution in [1.29, 1.82) is 0 Å². The number of amides is 1. The van der Waals surface area contributed by atoms with E-state index in [4.69, 9.17) is 4.74 Å². The summed E-state index contributed by atoms with van der Waals surface area (Å²) < 4.78 is 47.3. The number of para-hydroxylation sites is 1. The van der Waals surface area contributed by atoms with Gasteiger partial charge in [0.05, 0.1) is 12.6 Å². The molecular weight excluding hydrogens is 405 g/mol. The summed E-state index contributed by atoms with van der Waals surface area (Å²) in [5.41, 5.74) is 0.266. The van der Waals surface area contributed by atoms with E-state index in [-0.39, 0.29) is 36.4 Å². The molecule has 2 aromatic rings. The molecule has 0 spiro atoms. The van der Waals surface area contributed by atoms with Gasteiger partial charge in [-0.1, -0.05) is 24.3 Å². The van der Waals surface area contributed by atoms with E-state index in [0.29, 0.717) is 13.1 Å². The largest absolute Gasteiger partial charge is 0.573 e. The number of hydrogen-bond acceptors (Lipinski definition) is 5. The third kappa shape index (κ3) is 7.34. The molecule has 158 valence electrons. The second kappa shape index (κ2) is 10.1. The second-order valence-corrected chi connectivity index (χ2v) is 7.85. The van der Waals surface area contributed by atoms with Crippen LogP contribution in [0.3, 0.4) is 0 Å². The van der Waals surface area contributed by atoms with Crippen LogP contribution in [-0.4, -0.2) is 43.0 Å². The zero-order chi connectivity index (χ0) is 20.7. The van der Waals surface area contributed by atoms with Gasteiger partial charge in [0.1, 0.15) is 5.75 Å². The number of thiophene rings is 1. The van der Waals surface area contributed by atoms with Gasteiger partial charge in [0.15, 0.2) is 0 Å². The molecule has 1 N–H and O–H groups in total. The number of nitrogens with zero attached hydrogens (tertiary/aromatic N) is 1. The van der Waals surface area contributed by atoms with Crippen LogP contribution in [-0.2, 0) is 22.6 Å². The van der Waals surface area contributed by atoms with Crippen molar-refractivity contribution in [2.24, 2.45) is 0 Å². The van der Waals surface area contributed by atoms with E-state index in [1.165, 1.54) is 18.2 Å². The first-order valence-corrected chi connectivity index (χ1v) is 10.2. The van der Waals surface area contributed by atoms with Crippen LogP contribution < -0.4 is 10.1 Å². The zero-order valence-electron chi connectivity index (χ0n) is 15.8. The molecule has 1 atom stereocenters. The summed E-state index contributed by atoms with van der Waals surface area (Å²) in [6.07, 6.45) is -2.70.